The van der Waals surface area contributed by atoms with E-state index in [4.69, 9.17) is 20.4 Å². The number of carboxylic acid groups (broad SMARTS) is 4. The van der Waals surface area contributed by atoms with Gasteiger partial charge in [-0.05, 0) is 0 Å². The summed E-state index contributed by atoms with van der Waals surface area (Å²) in [5.41, 5.74) is 0. The van der Waals surface area contributed by atoms with E-state index in [9.17, 15) is 39.6 Å². The Hall–Kier alpha value is 2.67. The largest absolute Gasteiger partial charge is 1.00 e. The molecule has 32 heavy (non-hydrogen) atoms. The first-order chi connectivity index (χ1) is 8.93. The van der Waals surface area contributed by atoms with Gasteiger partial charge in [0.2, 0.25) is 0 Å². The van der Waals surface area contributed by atoms with Crippen LogP contribution in [0.2, 0.25) is 0 Å². The van der Waals surface area contributed by atoms with Gasteiger partial charge in [-0.3, -0.25) is 0 Å². The standard InChI is InChI=1S/2C4H6O6.2K.2Na.8H2O/c2*5-1(3(7)8)2(6)4(9)10;;;;;;;;;;;;/h2*1-2,5-6H,(H,7,8)(H,9,10);;;;;8*1H2/q;;4*+1;;;;;;;;/p-4. The zero-order valence-corrected chi connectivity index (χ0v) is 27.6. The van der Waals surface area contributed by atoms with Crippen molar-refractivity contribution in [1.29, 1.82) is 0 Å². The number of carbonyl (C=O) groups excluding carboxylic acids is 4. The minimum absolute atomic E-state index is 0. The van der Waals surface area contributed by atoms with Gasteiger partial charge < -0.3 is 104 Å². The van der Waals surface area contributed by atoms with Crippen LogP contribution in [0, 0.1) is 0 Å². The third kappa shape index (κ3) is 46.1. The number of rotatable bonds is 6. The Morgan fingerprint density at radius 1 is 0.406 bits per heavy atom. The van der Waals surface area contributed by atoms with Crippen LogP contribution in [0.25, 0.3) is 0 Å². The summed E-state index contributed by atoms with van der Waals surface area (Å²) in [6, 6.07) is 0. The average Bonchev–Trinajstić information content (AvgIpc) is 2.35. The Kier molecular flexibility index (Phi) is 145. The molecule has 0 radical (unpaired) electrons. The molecule has 4 atom stereocenters. The van der Waals surface area contributed by atoms with E-state index >= 15 is 0 Å². The number of aliphatic carboxylic acids is 4. The molecule has 0 rings (SSSR count). The van der Waals surface area contributed by atoms with E-state index in [2.05, 4.69) is 0 Å². The number of aliphatic hydroxyl groups is 4. The van der Waals surface area contributed by atoms with Crippen molar-refractivity contribution < 1.29 is 266 Å². The van der Waals surface area contributed by atoms with Crippen LogP contribution in [0.1, 0.15) is 0 Å². The van der Waals surface area contributed by atoms with E-state index in [0.717, 1.165) is 0 Å². The van der Waals surface area contributed by atoms with Crippen LogP contribution in [-0.2, 0) is 19.2 Å². The summed E-state index contributed by atoms with van der Waals surface area (Å²) in [5, 5.41) is 71.5. The second-order valence-corrected chi connectivity index (χ2v) is 3.06. The molecule has 0 spiro atoms. The van der Waals surface area contributed by atoms with Gasteiger partial charge in [-0.25, -0.2) is 0 Å². The summed E-state index contributed by atoms with van der Waals surface area (Å²) in [5.74, 6) is -8.23. The maximum Gasteiger partial charge on any atom is 1.00 e. The Bertz CT molecular complexity index is 330. The summed E-state index contributed by atoms with van der Waals surface area (Å²) in [4.78, 5) is 38.5. The second-order valence-electron chi connectivity index (χ2n) is 3.06. The Labute approximate surface area is 308 Å². The zero-order chi connectivity index (χ0) is 16.6. The summed E-state index contributed by atoms with van der Waals surface area (Å²) < 4.78 is 0. The average molecular weight is 564 g/mol. The van der Waals surface area contributed by atoms with E-state index in [1.54, 1.807) is 0 Å². The second kappa shape index (κ2) is 50.5. The molecule has 0 bridgehead atoms. The first-order valence-electron chi connectivity index (χ1n) is 4.49. The maximum atomic E-state index is 9.63. The first kappa shape index (κ1) is 92.0. The molecule has 0 aliphatic heterocycles. The van der Waals surface area contributed by atoms with Gasteiger partial charge in [0.1, 0.15) is 24.4 Å². The van der Waals surface area contributed by atoms with Crippen molar-refractivity contribution in [3.63, 3.8) is 0 Å². The third-order valence-electron chi connectivity index (χ3n) is 1.56. The number of carbonyl (C=O) groups is 4. The van der Waals surface area contributed by atoms with Crippen molar-refractivity contribution in [2.24, 2.45) is 0 Å². The molecule has 0 aliphatic carbocycles. The molecule has 0 amide bonds. The van der Waals surface area contributed by atoms with Crippen LogP contribution >= 0.6 is 0 Å². The van der Waals surface area contributed by atoms with Crippen molar-refractivity contribution in [3.05, 3.63) is 0 Å². The molecule has 0 fully saturated rings. The van der Waals surface area contributed by atoms with Crippen molar-refractivity contribution in [2.75, 3.05) is 0 Å². The van der Waals surface area contributed by atoms with E-state index in [0.29, 0.717) is 0 Å². The van der Waals surface area contributed by atoms with Gasteiger partial charge in [-0.2, -0.15) is 0 Å². The van der Waals surface area contributed by atoms with Gasteiger partial charge >= 0.3 is 162 Å². The maximum absolute atomic E-state index is 9.63. The van der Waals surface area contributed by atoms with Gasteiger partial charge in [0.25, 0.3) is 0 Å². The van der Waals surface area contributed by atoms with Crippen molar-refractivity contribution >= 4 is 23.9 Å². The topological polar surface area (TPSA) is 493 Å². The molecule has 180 valence electrons. The SMILES string of the molecule is O.O.O.O.O.O.O.O.O=C([O-])C(O)C(O)C(=O)[O-].O=C([O-])C(O)C(O)C(=O)[O-].[K+].[K+].[Na+].[Na+]. The Balaban J connectivity index is -0.0000000123. The fraction of sp³-hybridized carbons (Fsp3) is 0.500. The van der Waals surface area contributed by atoms with Crippen molar-refractivity contribution in [1.82, 2.24) is 0 Å². The van der Waals surface area contributed by atoms with E-state index in [-0.39, 0.29) is 206 Å². The molecule has 0 aliphatic rings. The van der Waals surface area contributed by atoms with Gasteiger partial charge in [-0.15, -0.1) is 0 Å². The molecule has 24 heteroatoms. The van der Waals surface area contributed by atoms with Crippen LogP contribution in [0.15, 0.2) is 0 Å². The predicted molar refractivity (Wildman–Crippen MR) is 73.0 cm³/mol. The normalized spacial score (nSPS) is 9.88. The van der Waals surface area contributed by atoms with Crippen LogP contribution in [0.5, 0.6) is 0 Å². The molecule has 20 nitrogen and oxygen atoms in total. The summed E-state index contributed by atoms with van der Waals surface area (Å²) in [6.07, 6.45) is -9.76. The molecule has 0 saturated heterocycles. The minimum Gasteiger partial charge on any atom is -0.547 e. The molecule has 0 aromatic rings. The zero-order valence-electron chi connectivity index (χ0n) is 17.4. The predicted octanol–water partition coefficient (Wildman–Crippen LogP) is -28.2. The van der Waals surface area contributed by atoms with Crippen molar-refractivity contribution in [2.45, 2.75) is 24.4 Å². The van der Waals surface area contributed by atoms with E-state index in [1.165, 1.54) is 0 Å². The number of hydrogen-bond donors (Lipinski definition) is 4. The molecule has 0 saturated carbocycles. The Morgan fingerprint density at radius 2 is 0.469 bits per heavy atom. The smallest absolute Gasteiger partial charge is 0.547 e. The van der Waals surface area contributed by atoms with Gasteiger partial charge in [0, 0.05) is 0 Å². The molecule has 0 aromatic carbocycles. The van der Waals surface area contributed by atoms with Crippen molar-refractivity contribution in [3.8, 4) is 0 Å². The first-order valence-corrected chi connectivity index (χ1v) is 4.49. The number of carboxylic acids is 4. The number of aliphatic hydroxyl groups excluding tert-OH is 4. The van der Waals surface area contributed by atoms with Gasteiger partial charge in [-0.1, -0.05) is 0 Å². The van der Waals surface area contributed by atoms with Gasteiger partial charge in [0.05, 0.1) is 23.9 Å². The molecule has 4 unspecified atom stereocenters. The molecule has 20 N–H and O–H groups in total. The third-order valence-corrected chi connectivity index (χ3v) is 1.56. The minimum atomic E-state index is -2.44. The summed E-state index contributed by atoms with van der Waals surface area (Å²) in [6.45, 7) is 0. The van der Waals surface area contributed by atoms with Crippen LogP contribution in [-0.4, -0.2) is 113 Å². The van der Waals surface area contributed by atoms with E-state index in [1.807, 2.05) is 0 Å². The monoisotopic (exact) mass is 564 g/mol. The van der Waals surface area contributed by atoms with Crippen LogP contribution in [0.3, 0.4) is 0 Å². The summed E-state index contributed by atoms with van der Waals surface area (Å²) >= 11 is 0. The summed E-state index contributed by atoms with van der Waals surface area (Å²) in [7, 11) is 0. The van der Waals surface area contributed by atoms with Gasteiger partial charge in [0.15, 0.2) is 0 Å². The van der Waals surface area contributed by atoms with Crippen LogP contribution < -0.4 is 182 Å². The Morgan fingerprint density at radius 3 is 0.500 bits per heavy atom. The molecular weight excluding hydrogens is 540 g/mol. The molecule has 0 aromatic heterocycles. The van der Waals surface area contributed by atoms with Crippen LogP contribution in [0.4, 0.5) is 0 Å². The fourth-order valence-corrected chi connectivity index (χ4v) is 0.516. The quantitative estimate of drug-likeness (QED) is 0.218. The molecular formula is C8H24K2Na2O20. The van der Waals surface area contributed by atoms with E-state index < -0.39 is 48.3 Å². The molecule has 0 heterocycles. The number of hydrogen-bond acceptors (Lipinski definition) is 12. The fourth-order valence-electron chi connectivity index (χ4n) is 0.516.